The van der Waals surface area contributed by atoms with Gasteiger partial charge in [0.05, 0.1) is 12.2 Å². The van der Waals surface area contributed by atoms with E-state index in [1.165, 1.54) is 5.01 Å². The molecule has 16 heavy (non-hydrogen) atoms. The Hall–Kier alpha value is -2.01. The first-order valence-electron chi connectivity index (χ1n) is 5.00. The van der Waals surface area contributed by atoms with Crippen LogP contribution in [-0.4, -0.2) is 29.2 Å². The summed E-state index contributed by atoms with van der Waals surface area (Å²) in [5, 5.41) is 12.1. The minimum atomic E-state index is -0.868. The van der Waals surface area contributed by atoms with Gasteiger partial charge in [0.15, 0.2) is 0 Å². The molecule has 2 rings (SSSR count). The number of nitrogens with one attached hydrogen (secondary N) is 1. The van der Waals surface area contributed by atoms with Crippen molar-refractivity contribution in [3.8, 4) is 0 Å². The van der Waals surface area contributed by atoms with Crippen LogP contribution in [0.15, 0.2) is 42.6 Å². The number of aliphatic carboxylic acids is 1. The number of hydrazine groups is 2. The lowest BCUT2D eigenvalue weighted by Crippen LogP contribution is -2.52. The van der Waals surface area contributed by atoms with Gasteiger partial charge in [0.2, 0.25) is 0 Å². The van der Waals surface area contributed by atoms with Crippen LogP contribution >= 0.6 is 0 Å². The Morgan fingerprint density at radius 2 is 2.12 bits per heavy atom. The van der Waals surface area contributed by atoms with Crippen molar-refractivity contribution in [2.24, 2.45) is 0 Å². The Morgan fingerprint density at radius 1 is 1.38 bits per heavy atom. The van der Waals surface area contributed by atoms with Crippen molar-refractivity contribution in [3.05, 3.63) is 42.6 Å². The Labute approximate surface area is 93.5 Å². The molecule has 1 heterocycles. The largest absolute Gasteiger partial charge is 0.480 e. The number of para-hydroxylation sites is 1. The zero-order chi connectivity index (χ0) is 11.4. The highest BCUT2D eigenvalue weighted by atomic mass is 16.4. The van der Waals surface area contributed by atoms with Gasteiger partial charge in [0.25, 0.3) is 0 Å². The highest BCUT2D eigenvalue weighted by Gasteiger charge is 2.13. The number of carboxylic acids is 1. The molecule has 5 nitrogen and oxygen atoms in total. The van der Waals surface area contributed by atoms with E-state index in [-0.39, 0.29) is 6.54 Å². The number of nitrogens with zero attached hydrogens (tertiary/aromatic N) is 2. The van der Waals surface area contributed by atoms with Gasteiger partial charge in [0.1, 0.15) is 6.54 Å². The summed E-state index contributed by atoms with van der Waals surface area (Å²) in [6.45, 7) is 0.639. The summed E-state index contributed by atoms with van der Waals surface area (Å²) < 4.78 is 0. The van der Waals surface area contributed by atoms with E-state index in [0.29, 0.717) is 6.54 Å². The van der Waals surface area contributed by atoms with E-state index in [9.17, 15) is 4.79 Å². The Morgan fingerprint density at radius 3 is 2.81 bits per heavy atom. The number of rotatable bonds is 3. The molecule has 2 N–H and O–H groups in total. The molecule has 0 radical (unpaired) electrons. The van der Waals surface area contributed by atoms with Crippen LogP contribution in [0, 0.1) is 0 Å². The molecule has 5 heteroatoms. The summed E-state index contributed by atoms with van der Waals surface area (Å²) in [6.07, 6.45) is 3.64. The second-order valence-corrected chi connectivity index (χ2v) is 3.45. The van der Waals surface area contributed by atoms with Gasteiger partial charge >= 0.3 is 5.97 Å². The van der Waals surface area contributed by atoms with Gasteiger partial charge in [-0.05, 0) is 18.2 Å². The maximum Gasteiger partial charge on any atom is 0.324 e. The van der Waals surface area contributed by atoms with Gasteiger partial charge in [0, 0.05) is 6.20 Å². The fraction of sp³-hybridized carbons (Fsp3) is 0.182. The molecular formula is C11H13N3O2. The van der Waals surface area contributed by atoms with Crippen LogP contribution in [0.5, 0.6) is 0 Å². The molecule has 0 atom stereocenters. The molecule has 0 fully saturated rings. The molecule has 0 aromatic heterocycles. The van der Waals surface area contributed by atoms with Crippen LogP contribution in [0.3, 0.4) is 0 Å². The minimum Gasteiger partial charge on any atom is -0.480 e. The number of hydrogen-bond donors (Lipinski definition) is 2. The Kier molecular flexibility index (Phi) is 3.07. The maximum absolute atomic E-state index is 10.6. The summed E-state index contributed by atoms with van der Waals surface area (Å²) in [5.74, 6) is -0.868. The summed E-state index contributed by atoms with van der Waals surface area (Å²) in [5.41, 5.74) is 4.00. The molecule has 1 aliphatic heterocycles. The first-order valence-corrected chi connectivity index (χ1v) is 5.00. The van der Waals surface area contributed by atoms with Crippen molar-refractivity contribution >= 4 is 11.7 Å². The summed E-state index contributed by atoms with van der Waals surface area (Å²) in [4.78, 5) is 10.6. The molecule has 0 saturated carbocycles. The van der Waals surface area contributed by atoms with Crippen LogP contribution in [0.25, 0.3) is 0 Å². The number of anilines is 1. The highest BCUT2D eigenvalue weighted by molar-refractivity contribution is 5.69. The van der Waals surface area contributed by atoms with Crippen LogP contribution < -0.4 is 10.5 Å². The lowest BCUT2D eigenvalue weighted by molar-refractivity contribution is -0.138. The minimum absolute atomic E-state index is 0.0696. The van der Waals surface area contributed by atoms with E-state index in [4.69, 9.17) is 5.11 Å². The molecule has 0 spiro atoms. The SMILES string of the molecule is O=C(O)CN1C=CCN(c2ccccc2)N1. The van der Waals surface area contributed by atoms with E-state index >= 15 is 0 Å². The van der Waals surface area contributed by atoms with Crippen molar-refractivity contribution in [2.75, 3.05) is 18.1 Å². The van der Waals surface area contributed by atoms with Gasteiger partial charge in [-0.2, -0.15) is 0 Å². The lowest BCUT2D eigenvalue weighted by Gasteiger charge is -2.33. The Balaban J connectivity index is 2.04. The highest BCUT2D eigenvalue weighted by Crippen LogP contribution is 2.12. The normalized spacial score (nSPS) is 15.2. The smallest absolute Gasteiger partial charge is 0.324 e. The van der Waals surface area contributed by atoms with Gasteiger partial charge in [-0.3, -0.25) is 14.8 Å². The second kappa shape index (κ2) is 4.67. The average molecular weight is 219 g/mol. The number of benzene rings is 1. The predicted octanol–water partition coefficient (Wildman–Crippen LogP) is 0.827. The average Bonchev–Trinajstić information content (AvgIpc) is 2.30. The van der Waals surface area contributed by atoms with Gasteiger partial charge in [-0.25, -0.2) is 0 Å². The molecule has 0 bridgehead atoms. The van der Waals surface area contributed by atoms with Crippen LogP contribution in [0.1, 0.15) is 0 Å². The fourth-order valence-electron chi connectivity index (χ4n) is 1.51. The molecule has 84 valence electrons. The lowest BCUT2D eigenvalue weighted by atomic mass is 10.3. The molecule has 0 amide bonds. The third-order valence-corrected chi connectivity index (χ3v) is 2.20. The third kappa shape index (κ3) is 2.52. The standard InChI is InChI=1S/C11H13N3O2/c15-11(16)9-13-7-4-8-14(12-13)10-5-2-1-3-6-10/h1-7,12H,8-9H2,(H,15,16). The molecule has 1 aromatic rings. The van der Waals surface area contributed by atoms with E-state index in [0.717, 1.165) is 5.69 Å². The Bertz CT molecular complexity index is 391. The van der Waals surface area contributed by atoms with Crippen molar-refractivity contribution in [1.29, 1.82) is 0 Å². The van der Waals surface area contributed by atoms with Gasteiger partial charge < -0.3 is 5.11 Å². The first-order chi connectivity index (χ1) is 7.75. The topological polar surface area (TPSA) is 55.8 Å². The van der Waals surface area contributed by atoms with E-state index in [1.807, 2.05) is 41.4 Å². The van der Waals surface area contributed by atoms with E-state index in [2.05, 4.69) is 5.53 Å². The first kappa shape index (κ1) is 10.5. The fourth-order valence-corrected chi connectivity index (χ4v) is 1.51. The van der Waals surface area contributed by atoms with Crippen molar-refractivity contribution in [1.82, 2.24) is 10.5 Å². The second-order valence-electron chi connectivity index (χ2n) is 3.45. The summed E-state index contributed by atoms with van der Waals surface area (Å²) in [7, 11) is 0. The van der Waals surface area contributed by atoms with Crippen molar-refractivity contribution in [3.63, 3.8) is 0 Å². The summed E-state index contributed by atoms with van der Waals surface area (Å²) in [6, 6.07) is 9.75. The molecular weight excluding hydrogens is 206 g/mol. The van der Waals surface area contributed by atoms with Crippen LogP contribution in [0.2, 0.25) is 0 Å². The van der Waals surface area contributed by atoms with Gasteiger partial charge in [-0.1, -0.05) is 18.2 Å². The molecule has 0 aliphatic carbocycles. The van der Waals surface area contributed by atoms with Gasteiger partial charge in [-0.15, -0.1) is 5.53 Å². The molecule has 0 unspecified atom stereocenters. The monoisotopic (exact) mass is 219 g/mol. The quantitative estimate of drug-likeness (QED) is 0.788. The molecule has 1 aliphatic rings. The molecule has 0 saturated heterocycles. The zero-order valence-corrected chi connectivity index (χ0v) is 8.71. The number of hydrogen-bond acceptors (Lipinski definition) is 4. The zero-order valence-electron chi connectivity index (χ0n) is 8.71. The van der Waals surface area contributed by atoms with Crippen LogP contribution in [-0.2, 0) is 4.79 Å². The maximum atomic E-state index is 10.6. The van der Waals surface area contributed by atoms with E-state index in [1.54, 1.807) is 6.20 Å². The number of carboxylic acid groups (broad SMARTS) is 1. The third-order valence-electron chi connectivity index (χ3n) is 2.20. The predicted molar refractivity (Wildman–Crippen MR) is 60.4 cm³/mol. The van der Waals surface area contributed by atoms with Crippen molar-refractivity contribution < 1.29 is 9.90 Å². The van der Waals surface area contributed by atoms with E-state index < -0.39 is 5.97 Å². The summed E-state index contributed by atoms with van der Waals surface area (Å²) >= 11 is 0. The number of carbonyl (C=O) groups is 1. The van der Waals surface area contributed by atoms with Crippen LogP contribution in [0.4, 0.5) is 5.69 Å². The molecule has 1 aromatic carbocycles. The van der Waals surface area contributed by atoms with Crippen molar-refractivity contribution in [2.45, 2.75) is 0 Å².